The fourth-order valence-electron chi connectivity index (χ4n) is 2.15. The van der Waals surface area contributed by atoms with Gasteiger partial charge in [0, 0.05) is 0 Å². The zero-order valence-corrected chi connectivity index (χ0v) is 10.9. The predicted molar refractivity (Wildman–Crippen MR) is 66.2 cm³/mol. The molecule has 90 valence electrons. The molecule has 2 unspecified atom stereocenters. The average Bonchev–Trinajstić information content (AvgIpc) is 2.26. The second kappa shape index (κ2) is 4.63. The number of rotatable bonds is 2. The first-order valence-electron chi connectivity index (χ1n) is 5.15. The molecular formula is C12H18O3S. The summed E-state index contributed by atoms with van der Waals surface area (Å²) in [6, 6.07) is 0. The van der Waals surface area contributed by atoms with Crippen molar-refractivity contribution >= 4 is 17.7 Å². The Hall–Kier alpha value is -0.740. The van der Waals surface area contributed by atoms with E-state index in [-0.39, 0.29) is 10.2 Å². The average molecular weight is 242 g/mol. The quantitative estimate of drug-likeness (QED) is 0.597. The number of hydrogen-bond donors (Lipinski definition) is 1. The van der Waals surface area contributed by atoms with Gasteiger partial charge in [0.05, 0.1) is 10.7 Å². The van der Waals surface area contributed by atoms with E-state index in [0.29, 0.717) is 0 Å². The number of thioether (sulfide) groups is 1. The van der Waals surface area contributed by atoms with E-state index in [4.69, 9.17) is 5.26 Å². The Morgan fingerprint density at radius 3 is 2.50 bits per heavy atom. The minimum Gasteiger partial charge on any atom is -0.300 e. The molecule has 0 aliphatic heterocycles. The minimum atomic E-state index is -0.607. The molecule has 0 heterocycles. The molecule has 3 nitrogen and oxygen atoms in total. The molecule has 0 aromatic heterocycles. The van der Waals surface area contributed by atoms with Crippen LogP contribution in [0.15, 0.2) is 24.3 Å². The summed E-state index contributed by atoms with van der Waals surface area (Å²) in [4.78, 5) is 15.5. The van der Waals surface area contributed by atoms with E-state index >= 15 is 0 Å². The Balaban J connectivity index is 3.20. The number of carbonyl (C=O) groups excluding carboxylic acids is 1. The third-order valence-electron chi connectivity index (χ3n) is 3.07. The van der Waals surface area contributed by atoms with Gasteiger partial charge < -0.3 is 4.89 Å². The molecule has 1 aliphatic carbocycles. The van der Waals surface area contributed by atoms with Gasteiger partial charge in [0.1, 0.15) is 0 Å². The smallest absolute Gasteiger partial charge is 0.300 e. The molecule has 0 saturated heterocycles. The lowest BCUT2D eigenvalue weighted by molar-refractivity contribution is -0.238. The molecule has 0 aromatic rings. The van der Waals surface area contributed by atoms with Gasteiger partial charge in [-0.3, -0.25) is 0 Å². The maximum Gasteiger partial charge on any atom is 0.350 e. The Bertz CT molecular complexity index is 328. The van der Waals surface area contributed by atoms with Crippen LogP contribution in [0.3, 0.4) is 0 Å². The van der Waals surface area contributed by atoms with Crippen molar-refractivity contribution in [2.24, 2.45) is 11.3 Å². The van der Waals surface area contributed by atoms with Gasteiger partial charge in [0.2, 0.25) is 0 Å². The lowest BCUT2D eigenvalue weighted by Crippen LogP contribution is -2.48. The van der Waals surface area contributed by atoms with E-state index in [2.05, 4.69) is 25.7 Å². The molecule has 1 rings (SSSR count). The molecule has 4 heteroatoms. The molecule has 0 fully saturated rings. The normalized spacial score (nSPS) is 29.2. The molecule has 0 aromatic carbocycles. The summed E-state index contributed by atoms with van der Waals surface area (Å²) in [6.07, 6.45) is 9.50. The van der Waals surface area contributed by atoms with Crippen molar-refractivity contribution in [1.82, 2.24) is 0 Å². The van der Waals surface area contributed by atoms with Crippen molar-refractivity contribution in [1.29, 1.82) is 0 Å². The highest BCUT2D eigenvalue weighted by atomic mass is 32.2. The van der Waals surface area contributed by atoms with Crippen molar-refractivity contribution in [3.8, 4) is 0 Å². The molecule has 0 saturated carbocycles. The number of hydrogen-bond acceptors (Lipinski definition) is 4. The van der Waals surface area contributed by atoms with E-state index in [1.807, 2.05) is 24.5 Å². The summed E-state index contributed by atoms with van der Waals surface area (Å²) in [5.41, 5.74) is -0.119. The number of allylic oxidation sites excluding steroid dienone is 2. The van der Waals surface area contributed by atoms with Gasteiger partial charge in [0.25, 0.3) is 0 Å². The van der Waals surface area contributed by atoms with Gasteiger partial charge in [-0.1, -0.05) is 45.1 Å². The van der Waals surface area contributed by atoms with Crippen LogP contribution in [0.4, 0.5) is 0 Å². The molecule has 0 radical (unpaired) electrons. The van der Waals surface area contributed by atoms with Crippen LogP contribution in [0.1, 0.15) is 20.8 Å². The van der Waals surface area contributed by atoms with Crippen LogP contribution in [0.2, 0.25) is 0 Å². The fraction of sp³-hybridized carbons (Fsp3) is 0.583. The fourth-order valence-corrected chi connectivity index (χ4v) is 3.40. The summed E-state index contributed by atoms with van der Waals surface area (Å²) in [6.45, 7) is 6.22. The van der Waals surface area contributed by atoms with Crippen LogP contribution in [0, 0.1) is 11.3 Å². The Morgan fingerprint density at radius 2 is 2.06 bits per heavy atom. The van der Waals surface area contributed by atoms with Gasteiger partial charge in [-0.25, -0.2) is 4.79 Å². The molecule has 16 heavy (non-hydrogen) atoms. The third kappa shape index (κ3) is 2.04. The molecule has 0 spiro atoms. The van der Waals surface area contributed by atoms with Gasteiger partial charge in [-0.05, 0) is 11.7 Å². The van der Waals surface area contributed by atoms with E-state index in [1.165, 1.54) is 0 Å². The first kappa shape index (κ1) is 13.3. The maximum absolute atomic E-state index is 11.6. The minimum absolute atomic E-state index is 0.119. The lowest BCUT2D eigenvalue weighted by Gasteiger charge is -2.45. The van der Waals surface area contributed by atoms with Gasteiger partial charge in [0.15, 0.2) is 0 Å². The zero-order valence-electron chi connectivity index (χ0n) is 10.1. The second-order valence-corrected chi connectivity index (χ2v) is 5.96. The monoisotopic (exact) mass is 242 g/mol. The summed E-state index contributed by atoms with van der Waals surface area (Å²) in [7, 11) is 0. The topological polar surface area (TPSA) is 46.5 Å². The highest BCUT2D eigenvalue weighted by Gasteiger charge is 2.49. The number of carbonyl (C=O) groups is 1. The third-order valence-corrected chi connectivity index (χ3v) is 4.75. The second-order valence-electron chi connectivity index (χ2n) is 4.88. The first-order valence-corrected chi connectivity index (χ1v) is 6.38. The van der Waals surface area contributed by atoms with Crippen LogP contribution in [-0.2, 0) is 9.68 Å². The Morgan fingerprint density at radius 1 is 1.44 bits per heavy atom. The highest BCUT2D eigenvalue weighted by Crippen LogP contribution is 2.49. The summed E-state index contributed by atoms with van der Waals surface area (Å²) >= 11 is 1.60. The van der Waals surface area contributed by atoms with Crippen molar-refractivity contribution in [3.63, 3.8) is 0 Å². The van der Waals surface area contributed by atoms with E-state index in [1.54, 1.807) is 17.8 Å². The van der Waals surface area contributed by atoms with Crippen LogP contribution in [-0.4, -0.2) is 22.2 Å². The van der Waals surface area contributed by atoms with Gasteiger partial charge >= 0.3 is 5.97 Å². The lowest BCUT2D eigenvalue weighted by atomic mass is 9.70. The SMILES string of the molecule is CSC1(C(C)(C)C)C=CC=CC1C(=O)OO. The van der Waals surface area contributed by atoms with Gasteiger partial charge in [-0.15, -0.1) is 0 Å². The summed E-state index contributed by atoms with van der Waals surface area (Å²) in [5, 5.41) is 8.56. The van der Waals surface area contributed by atoms with Crippen molar-refractivity contribution in [2.45, 2.75) is 25.5 Å². The summed E-state index contributed by atoms with van der Waals surface area (Å²) < 4.78 is -0.387. The van der Waals surface area contributed by atoms with Crippen LogP contribution < -0.4 is 0 Å². The Kier molecular flexibility index (Phi) is 3.86. The molecule has 1 aliphatic rings. The van der Waals surface area contributed by atoms with E-state index in [0.717, 1.165) is 0 Å². The molecule has 0 amide bonds. The Labute approximate surface area is 100 Å². The predicted octanol–water partition coefficient (Wildman–Crippen LogP) is 2.89. The molecular weight excluding hydrogens is 224 g/mol. The molecule has 2 atom stereocenters. The van der Waals surface area contributed by atoms with Crippen LogP contribution in [0.5, 0.6) is 0 Å². The standard InChI is InChI=1S/C12H18O3S/c1-11(2,3)12(16-4)8-6-5-7-9(12)10(13)15-14/h5-9,14H,1-4H3. The van der Waals surface area contributed by atoms with Gasteiger partial charge in [-0.2, -0.15) is 17.0 Å². The highest BCUT2D eigenvalue weighted by molar-refractivity contribution is 8.00. The van der Waals surface area contributed by atoms with Crippen molar-refractivity contribution in [3.05, 3.63) is 24.3 Å². The van der Waals surface area contributed by atoms with Crippen LogP contribution in [0.25, 0.3) is 0 Å². The zero-order chi connectivity index (χ0) is 12.4. The maximum atomic E-state index is 11.6. The molecule has 1 N–H and O–H groups in total. The summed E-state index contributed by atoms with van der Waals surface area (Å²) in [5.74, 6) is -1.07. The van der Waals surface area contributed by atoms with Crippen LogP contribution >= 0.6 is 11.8 Å². The first-order chi connectivity index (χ1) is 7.39. The largest absolute Gasteiger partial charge is 0.350 e. The van der Waals surface area contributed by atoms with Crippen molar-refractivity contribution < 1.29 is 14.9 Å². The van der Waals surface area contributed by atoms with Crippen molar-refractivity contribution in [2.75, 3.05) is 6.26 Å². The van der Waals surface area contributed by atoms with E-state index < -0.39 is 11.9 Å². The van der Waals surface area contributed by atoms with E-state index in [9.17, 15) is 4.79 Å². The molecule has 0 bridgehead atoms.